The van der Waals surface area contributed by atoms with Crippen LogP contribution in [0.15, 0.2) is 5.16 Å². The van der Waals surface area contributed by atoms with Crippen LogP contribution in [0, 0.1) is 5.92 Å². The van der Waals surface area contributed by atoms with Crippen LogP contribution in [0.5, 0.6) is 0 Å². The number of carbonyl (C=O) groups is 1. The van der Waals surface area contributed by atoms with Crippen molar-refractivity contribution in [2.45, 2.75) is 51.6 Å². The molecular formula is C14H26N4O2. The molecule has 2 rings (SSSR count). The highest BCUT2D eigenvalue weighted by atomic mass is 16.4. The lowest BCUT2D eigenvalue weighted by atomic mass is 9.95. The number of rotatable bonds is 3. The van der Waals surface area contributed by atoms with Gasteiger partial charge in [-0.15, -0.1) is 0 Å². The maximum Gasteiger partial charge on any atom is 0.233 e. The van der Waals surface area contributed by atoms with E-state index in [1.807, 2.05) is 11.8 Å². The van der Waals surface area contributed by atoms with Crippen molar-refractivity contribution in [3.05, 3.63) is 0 Å². The van der Waals surface area contributed by atoms with E-state index >= 15 is 0 Å². The predicted molar refractivity (Wildman–Crippen MR) is 77.6 cm³/mol. The first-order chi connectivity index (χ1) is 9.58. The molecule has 1 amide bonds. The van der Waals surface area contributed by atoms with Crippen LogP contribution in [0.3, 0.4) is 0 Å². The number of nitrogens with two attached hydrogens (primary N) is 1. The van der Waals surface area contributed by atoms with Crippen LogP contribution in [0.4, 0.5) is 0 Å². The number of oxime groups is 1. The minimum atomic E-state index is -0.502. The molecule has 2 fully saturated rings. The predicted octanol–water partition coefficient (Wildman–Crippen LogP) is 0.844. The maximum atomic E-state index is 12.7. The first kappa shape index (κ1) is 15.1. The minimum Gasteiger partial charge on any atom is -0.409 e. The van der Waals surface area contributed by atoms with Crippen molar-refractivity contribution in [3.63, 3.8) is 0 Å². The summed E-state index contributed by atoms with van der Waals surface area (Å²) < 4.78 is 0. The van der Waals surface area contributed by atoms with Crippen molar-refractivity contribution >= 4 is 11.7 Å². The zero-order valence-corrected chi connectivity index (χ0v) is 12.5. The number of amides is 1. The first-order valence-electron chi connectivity index (χ1n) is 7.60. The second-order valence-electron chi connectivity index (χ2n) is 5.97. The Balaban J connectivity index is 2.08. The average molecular weight is 282 g/mol. The Morgan fingerprint density at radius 2 is 2.20 bits per heavy atom. The second kappa shape index (κ2) is 6.43. The summed E-state index contributed by atoms with van der Waals surface area (Å²) >= 11 is 0. The Morgan fingerprint density at radius 3 is 2.85 bits per heavy atom. The molecule has 0 aliphatic carbocycles. The minimum absolute atomic E-state index is 0.000485. The van der Waals surface area contributed by atoms with Crippen LogP contribution in [0.1, 0.15) is 39.5 Å². The molecule has 2 aliphatic rings. The van der Waals surface area contributed by atoms with Gasteiger partial charge in [0.2, 0.25) is 5.91 Å². The molecular weight excluding hydrogens is 256 g/mol. The Morgan fingerprint density at radius 1 is 1.45 bits per heavy atom. The molecule has 0 aromatic rings. The summed E-state index contributed by atoms with van der Waals surface area (Å²) in [5.74, 6) is -0.478. The summed E-state index contributed by atoms with van der Waals surface area (Å²) in [4.78, 5) is 17.1. The summed E-state index contributed by atoms with van der Waals surface area (Å²) in [6.45, 7) is 6.83. The van der Waals surface area contributed by atoms with E-state index in [9.17, 15) is 4.79 Å². The summed E-state index contributed by atoms with van der Waals surface area (Å²) in [7, 11) is 0. The zero-order chi connectivity index (χ0) is 14.7. The van der Waals surface area contributed by atoms with Gasteiger partial charge in [0.15, 0.2) is 5.84 Å². The van der Waals surface area contributed by atoms with Gasteiger partial charge < -0.3 is 15.8 Å². The largest absolute Gasteiger partial charge is 0.409 e. The SMILES string of the molecule is CCC(C(=O)N1CC2CCCCN2CC1C)C(N)=NO. The van der Waals surface area contributed by atoms with E-state index in [0.717, 1.165) is 26.1 Å². The van der Waals surface area contributed by atoms with Gasteiger partial charge in [0, 0.05) is 25.2 Å². The number of nitrogens with zero attached hydrogens (tertiary/aromatic N) is 3. The summed E-state index contributed by atoms with van der Waals surface area (Å²) in [6, 6.07) is 0.672. The van der Waals surface area contributed by atoms with Gasteiger partial charge in [0.25, 0.3) is 0 Å². The Bertz CT molecular complexity index is 385. The van der Waals surface area contributed by atoms with Gasteiger partial charge in [-0.05, 0) is 32.7 Å². The van der Waals surface area contributed by atoms with Gasteiger partial charge in [0.1, 0.15) is 0 Å². The summed E-state index contributed by atoms with van der Waals surface area (Å²) in [5, 5.41) is 11.8. The molecule has 0 saturated carbocycles. The van der Waals surface area contributed by atoms with Gasteiger partial charge >= 0.3 is 0 Å². The molecule has 2 aliphatic heterocycles. The Kier molecular flexibility index (Phi) is 4.86. The third-order valence-corrected chi connectivity index (χ3v) is 4.65. The molecule has 20 heavy (non-hydrogen) atoms. The van der Waals surface area contributed by atoms with Crippen LogP contribution < -0.4 is 5.73 Å². The molecule has 0 aromatic heterocycles. The molecule has 3 N–H and O–H groups in total. The van der Waals surface area contributed by atoms with Crippen molar-refractivity contribution in [2.75, 3.05) is 19.6 Å². The van der Waals surface area contributed by atoms with Crippen molar-refractivity contribution < 1.29 is 10.0 Å². The van der Waals surface area contributed by atoms with E-state index in [4.69, 9.17) is 10.9 Å². The highest BCUT2D eigenvalue weighted by Crippen LogP contribution is 2.25. The quantitative estimate of drug-likeness (QED) is 0.348. The molecule has 6 heteroatoms. The van der Waals surface area contributed by atoms with Gasteiger partial charge in [-0.25, -0.2) is 0 Å². The lowest BCUT2D eigenvalue weighted by Gasteiger charge is -2.48. The molecule has 0 radical (unpaired) electrons. The van der Waals surface area contributed by atoms with Crippen LogP contribution in [0.25, 0.3) is 0 Å². The zero-order valence-electron chi connectivity index (χ0n) is 12.5. The average Bonchev–Trinajstić information content (AvgIpc) is 2.46. The molecule has 2 saturated heterocycles. The number of piperidine rings is 1. The standard InChI is InChI=1S/C14H26N4O2/c1-3-12(13(15)16-20)14(19)18-9-11-6-4-5-7-17(11)8-10(18)2/h10-12,20H,3-9H2,1-2H3,(H2,15,16). The molecule has 3 atom stereocenters. The van der Waals surface area contributed by atoms with E-state index in [-0.39, 0.29) is 17.8 Å². The van der Waals surface area contributed by atoms with E-state index in [1.165, 1.54) is 12.8 Å². The van der Waals surface area contributed by atoms with E-state index in [0.29, 0.717) is 12.5 Å². The third kappa shape index (κ3) is 2.90. The van der Waals surface area contributed by atoms with Crippen LogP contribution in [-0.2, 0) is 4.79 Å². The van der Waals surface area contributed by atoms with Gasteiger partial charge in [-0.3, -0.25) is 9.69 Å². The van der Waals surface area contributed by atoms with Crippen molar-refractivity contribution in [1.29, 1.82) is 0 Å². The Hall–Kier alpha value is -1.30. The monoisotopic (exact) mass is 282 g/mol. The number of piperazine rings is 1. The fourth-order valence-electron chi connectivity index (χ4n) is 3.44. The van der Waals surface area contributed by atoms with Crippen LogP contribution in [0.2, 0.25) is 0 Å². The lowest BCUT2D eigenvalue weighted by molar-refractivity contribution is -0.140. The molecule has 2 heterocycles. The van der Waals surface area contributed by atoms with Gasteiger partial charge in [-0.1, -0.05) is 18.5 Å². The molecule has 114 valence electrons. The number of hydrogen-bond donors (Lipinski definition) is 2. The Labute approximate surface area is 120 Å². The van der Waals surface area contributed by atoms with Crippen molar-refractivity contribution in [3.8, 4) is 0 Å². The third-order valence-electron chi connectivity index (χ3n) is 4.65. The highest BCUT2D eigenvalue weighted by molar-refractivity contribution is 6.02. The first-order valence-corrected chi connectivity index (χ1v) is 7.60. The van der Waals surface area contributed by atoms with Crippen LogP contribution in [-0.4, -0.2) is 58.5 Å². The van der Waals surface area contributed by atoms with E-state index < -0.39 is 5.92 Å². The fourth-order valence-corrected chi connectivity index (χ4v) is 3.44. The fraction of sp³-hybridized carbons (Fsp3) is 0.857. The van der Waals surface area contributed by atoms with Crippen molar-refractivity contribution in [2.24, 2.45) is 16.8 Å². The van der Waals surface area contributed by atoms with E-state index in [2.05, 4.69) is 17.0 Å². The number of carbonyl (C=O) groups excluding carboxylic acids is 1. The van der Waals surface area contributed by atoms with Gasteiger partial charge in [-0.2, -0.15) is 0 Å². The normalized spacial score (nSPS) is 29.9. The topological polar surface area (TPSA) is 82.2 Å². The van der Waals surface area contributed by atoms with Crippen LogP contribution >= 0.6 is 0 Å². The number of fused-ring (bicyclic) bond motifs is 1. The van der Waals surface area contributed by atoms with Gasteiger partial charge in [0.05, 0.1) is 5.92 Å². The highest BCUT2D eigenvalue weighted by Gasteiger charge is 2.37. The maximum absolute atomic E-state index is 12.7. The van der Waals surface area contributed by atoms with Crippen molar-refractivity contribution in [1.82, 2.24) is 9.80 Å². The van der Waals surface area contributed by atoms with E-state index in [1.54, 1.807) is 0 Å². The molecule has 0 aromatic carbocycles. The smallest absolute Gasteiger partial charge is 0.233 e. The number of hydrogen-bond acceptors (Lipinski definition) is 4. The number of amidine groups is 1. The molecule has 3 unspecified atom stereocenters. The molecule has 6 nitrogen and oxygen atoms in total. The lowest BCUT2D eigenvalue weighted by Crippen LogP contribution is -2.61. The molecule has 0 bridgehead atoms. The molecule has 0 spiro atoms. The second-order valence-corrected chi connectivity index (χ2v) is 5.97. The summed E-state index contributed by atoms with van der Waals surface area (Å²) in [5.41, 5.74) is 5.65. The summed E-state index contributed by atoms with van der Waals surface area (Å²) in [6.07, 6.45) is 4.23.